The Kier molecular flexibility index (Phi) is 7.60. The van der Waals surface area contributed by atoms with Crippen molar-refractivity contribution in [3.05, 3.63) is 47.5 Å². The molecule has 0 saturated carbocycles. The fourth-order valence-corrected chi connectivity index (χ4v) is 3.74. The Morgan fingerprint density at radius 3 is 2.48 bits per heavy atom. The van der Waals surface area contributed by atoms with Gasteiger partial charge in [-0.1, -0.05) is 36.4 Å². The third kappa shape index (κ3) is 6.83. The lowest BCUT2D eigenvalue weighted by Crippen LogP contribution is -2.51. The minimum atomic E-state index is -0.311. The van der Waals surface area contributed by atoms with E-state index >= 15 is 0 Å². The van der Waals surface area contributed by atoms with E-state index < -0.39 is 0 Å². The fraction of sp³-hybridized carbons (Fsp3) is 0.545. The molecule has 1 aliphatic carbocycles. The highest BCUT2D eigenvalue weighted by Gasteiger charge is 2.35. The van der Waals surface area contributed by atoms with Crippen molar-refractivity contribution in [3.63, 3.8) is 0 Å². The topological polar surface area (TPSA) is 67.4 Å². The van der Waals surface area contributed by atoms with Crippen LogP contribution in [-0.4, -0.2) is 30.0 Å². The van der Waals surface area contributed by atoms with Gasteiger partial charge in [0.25, 0.3) is 0 Å². The number of ether oxygens (including phenoxy) is 1. The Balaban J connectivity index is 1.94. The molecule has 0 fully saturated rings. The first-order valence-electron chi connectivity index (χ1n) is 9.64. The molecule has 148 valence electrons. The quantitative estimate of drug-likeness (QED) is 0.543. The number of carbonyl (C=O) groups excluding carboxylic acids is 2. The molecule has 1 aliphatic rings. The first-order chi connectivity index (χ1) is 12.8. The van der Waals surface area contributed by atoms with Crippen LogP contribution in [0, 0.1) is 5.92 Å². The van der Waals surface area contributed by atoms with E-state index in [2.05, 4.69) is 28.8 Å². The van der Waals surface area contributed by atoms with Crippen molar-refractivity contribution in [1.82, 2.24) is 10.6 Å². The monoisotopic (exact) mass is 372 g/mol. The van der Waals surface area contributed by atoms with Gasteiger partial charge in [-0.3, -0.25) is 9.59 Å². The molecular weight excluding hydrogens is 340 g/mol. The number of nitrogens with one attached hydrogen (secondary N) is 2. The standard InChI is InChI=1S/C22H32N2O3/c1-16(25)23-21-14-20(22(3,4)24-17(2)26)11-10-19(21)12-13-27-15-18-8-6-5-7-9-18/h5-10,20-21H,11-15H2,1-4H3,(H,23,25)(H,24,26)/t20-,21+/m1/s1. The summed E-state index contributed by atoms with van der Waals surface area (Å²) in [7, 11) is 0. The van der Waals surface area contributed by atoms with Crippen molar-refractivity contribution < 1.29 is 14.3 Å². The zero-order valence-electron chi connectivity index (χ0n) is 16.9. The fourth-order valence-electron chi connectivity index (χ4n) is 3.74. The second-order valence-electron chi connectivity index (χ2n) is 7.89. The Bertz CT molecular complexity index is 667. The lowest BCUT2D eigenvalue weighted by Gasteiger charge is -2.40. The number of hydrogen-bond donors (Lipinski definition) is 2. The van der Waals surface area contributed by atoms with Crippen LogP contribution in [0.3, 0.4) is 0 Å². The maximum Gasteiger partial charge on any atom is 0.217 e. The molecule has 0 aliphatic heterocycles. The van der Waals surface area contributed by atoms with E-state index in [1.807, 2.05) is 32.0 Å². The van der Waals surface area contributed by atoms with E-state index in [1.54, 1.807) is 13.8 Å². The minimum Gasteiger partial charge on any atom is -0.376 e. The largest absolute Gasteiger partial charge is 0.376 e. The average molecular weight is 373 g/mol. The van der Waals surface area contributed by atoms with Gasteiger partial charge in [0.1, 0.15) is 0 Å². The summed E-state index contributed by atoms with van der Waals surface area (Å²) < 4.78 is 5.81. The molecule has 0 unspecified atom stereocenters. The van der Waals surface area contributed by atoms with Crippen LogP contribution in [0.2, 0.25) is 0 Å². The molecule has 2 rings (SSSR count). The van der Waals surface area contributed by atoms with Crippen LogP contribution >= 0.6 is 0 Å². The summed E-state index contributed by atoms with van der Waals surface area (Å²) in [6.07, 6.45) is 4.71. The minimum absolute atomic E-state index is 0.00499. The molecule has 2 atom stereocenters. The van der Waals surface area contributed by atoms with Crippen LogP contribution in [-0.2, 0) is 20.9 Å². The van der Waals surface area contributed by atoms with Crippen LogP contribution < -0.4 is 10.6 Å². The van der Waals surface area contributed by atoms with Gasteiger partial charge in [-0.2, -0.15) is 0 Å². The number of allylic oxidation sites excluding steroid dienone is 1. The Labute approximate surface area is 162 Å². The lowest BCUT2D eigenvalue weighted by molar-refractivity contribution is -0.122. The normalized spacial score (nSPS) is 19.9. The van der Waals surface area contributed by atoms with Gasteiger partial charge < -0.3 is 15.4 Å². The molecule has 0 radical (unpaired) electrons. The van der Waals surface area contributed by atoms with Gasteiger partial charge in [0.2, 0.25) is 11.8 Å². The molecule has 0 aromatic heterocycles. The Hall–Kier alpha value is -2.14. The number of benzene rings is 1. The van der Waals surface area contributed by atoms with Gasteiger partial charge in [-0.15, -0.1) is 0 Å². The molecule has 1 aromatic rings. The summed E-state index contributed by atoms with van der Waals surface area (Å²) in [5.41, 5.74) is 2.06. The molecule has 0 saturated heterocycles. The van der Waals surface area contributed by atoms with E-state index in [0.717, 1.165) is 24.8 Å². The van der Waals surface area contributed by atoms with Crippen molar-refractivity contribution in [2.24, 2.45) is 5.92 Å². The molecule has 5 nitrogen and oxygen atoms in total. The van der Waals surface area contributed by atoms with Gasteiger partial charge >= 0.3 is 0 Å². The van der Waals surface area contributed by atoms with Crippen molar-refractivity contribution in [2.45, 2.75) is 65.1 Å². The van der Waals surface area contributed by atoms with E-state index in [0.29, 0.717) is 13.2 Å². The predicted molar refractivity (Wildman–Crippen MR) is 107 cm³/mol. The van der Waals surface area contributed by atoms with Crippen LogP contribution in [0.1, 0.15) is 52.5 Å². The second-order valence-corrected chi connectivity index (χ2v) is 7.89. The van der Waals surface area contributed by atoms with Crippen LogP contribution in [0.15, 0.2) is 42.0 Å². The van der Waals surface area contributed by atoms with E-state index in [4.69, 9.17) is 4.74 Å². The van der Waals surface area contributed by atoms with Crippen molar-refractivity contribution in [1.29, 1.82) is 0 Å². The van der Waals surface area contributed by atoms with Crippen LogP contribution in [0.25, 0.3) is 0 Å². The molecule has 5 heteroatoms. The smallest absolute Gasteiger partial charge is 0.217 e. The van der Waals surface area contributed by atoms with Crippen molar-refractivity contribution in [2.75, 3.05) is 6.61 Å². The number of hydrogen-bond acceptors (Lipinski definition) is 3. The molecular formula is C22H32N2O3. The molecule has 2 N–H and O–H groups in total. The first-order valence-corrected chi connectivity index (χ1v) is 9.64. The molecule has 0 heterocycles. The highest BCUT2D eigenvalue weighted by molar-refractivity contribution is 5.74. The summed E-state index contributed by atoms with van der Waals surface area (Å²) in [5.74, 6) is 0.210. The molecule has 1 aromatic carbocycles. The van der Waals surface area contributed by atoms with Crippen LogP contribution in [0.5, 0.6) is 0 Å². The number of carbonyl (C=O) groups is 2. The lowest BCUT2D eigenvalue weighted by atomic mass is 9.74. The Morgan fingerprint density at radius 1 is 1.15 bits per heavy atom. The second kappa shape index (κ2) is 9.70. The number of rotatable bonds is 8. The summed E-state index contributed by atoms with van der Waals surface area (Å²) in [4.78, 5) is 23.2. The zero-order chi connectivity index (χ0) is 19.9. The van der Waals surface area contributed by atoms with Gasteiger partial charge in [0.15, 0.2) is 0 Å². The molecule has 27 heavy (non-hydrogen) atoms. The van der Waals surface area contributed by atoms with E-state index in [1.165, 1.54) is 5.57 Å². The zero-order valence-corrected chi connectivity index (χ0v) is 16.9. The Morgan fingerprint density at radius 2 is 1.85 bits per heavy atom. The first kappa shape index (κ1) is 21.2. The SMILES string of the molecule is CC(=O)N[C@H]1C[C@H](C(C)(C)NC(C)=O)CC=C1CCOCc1ccccc1. The molecule has 0 bridgehead atoms. The summed E-state index contributed by atoms with van der Waals surface area (Å²) in [5, 5.41) is 6.11. The van der Waals surface area contributed by atoms with Crippen molar-refractivity contribution >= 4 is 11.8 Å². The number of amides is 2. The third-order valence-electron chi connectivity index (χ3n) is 5.18. The van der Waals surface area contributed by atoms with Gasteiger partial charge in [-0.25, -0.2) is 0 Å². The predicted octanol–water partition coefficient (Wildman–Crippen LogP) is 3.35. The van der Waals surface area contributed by atoms with Gasteiger partial charge in [0, 0.05) is 19.4 Å². The molecule has 2 amide bonds. The van der Waals surface area contributed by atoms with Gasteiger partial charge in [-0.05, 0) is 50.2 Å². The van der Waals surface area contributed by atoms with Gasteiger partial charge in [0.05, 0.1) is 19.3 Å². The van der Waals surface area contributed by atoms with E-state index in [-0.39, 0.29) is 29.3 Å². The van der Waals surface area contributed by atoms with E-state index in [9.17, 15) is 9.59 Å². The highest BCUT2D eigenvalue weighted by atomic mass is 16.5. The third-order valence-corrected chi connectivity index (χ3v) is 5.18. The highest BCUT2D eigenvalue weighted by Crippen LogP contribution is 2.33. The maximum absolute atomic E-state index is 11.7. The summed E-state index contributed by atoms with van der Waals surface area (Å²) in [6.45, 7) is 8.40. The molecule has 0 spiro atoms. The van der Waals surface area contributed by atoms with Crippen LogP contribution in [0.4, 0.5) is 0 Å². The average Bonchev–Trinajstić information content (AvgIpc) is 2.59. The van der Waals surface area contributed by atoms with Crippen molar-refractivity contribution in [3.8, 4) is 0 Å². The maximum atomic E-state index is 11.7. The summed E-state index contributed by atoms with van der Waals surface area (Å²) >= 11 is 0. The summed E-state index contributed by atoms with van der Waals surface area (Å²) in [6, 6.07) is 10.1.